The maximum absolute atomic E-state index is 13.3. The van der Waals surface area contributed by atoms with Crippen LogP contribution in [0.1, 0.15) is 16.8 Å². The van der Waals surface area contributed by atoms with Crippen LogP contribution in [0.3, 0.4) is 0 Å². The summed E-state index contributed by atoms with van der Waals surface area (Å²) in [4.78, 5) is 21.8. The average Bonchev–Trinajstić information content (AvgIpc) is 2.27. The van der Waals surface area contributed by atoms with Crippen LogP contribution in [0.5, 0.6) is 0 Å². The monoisotopic (exact) mass is 268 g/mol. The van der Waals surface area contributed by atoms with E-state index in [1.807, 2.05) is 0 Å². The van der Waals surface area contributed by atoms with Crippen molar-refractivity contribution in [3.8, 4) is 12.3 Å². The molecular weight excluding hydrogens is 258 g/mol. The normalized spacial score (nSPS) is 9.53. The predicted octanol–water partition coefficient (Wildman–Crippen LogP) is 1.81. The molecule has 7 heteroatoms. The van der Waals surface area contributed by atoms with E-state index in [1.54, 1.807) is 0 Å². The van der Waals surface area contributed by atoms with E-state index in [0.717, 1.165) is 0 Å². The number of hydrogen-bond acceptors (Lipinski definition) is 2. The largest absolute Gasteiger partial charge is 0.477 e. The number of carbonyl (C=O) groups excluding carboxylic acids is 1. The highest BCUT2D eigenvalue weighted by atomic mass is 19.1. The van der Waals surface area contributed by atoms with Crippen LogP contribution in [-0.4, -0.2) is 23.7 Å². The van der Waals surface area contributed by atoms with E-state index in [0.29, 0.717) is 18.6 Å². The Morgan fingerprint density at radius 1 is 1.32 bits per heavy atom. The van der Waals surface area contributed by atoms with E-state index in [1.165, 1.54) is 0 Å². The summed E-state index contributed by atoms with van der Waals surface area (Å²) in [7, 11) is 0. The first-order valence-corrected chi connectivity index (χ1v) is 5.16. The summed E-state index contributed by atoms with van der Waals surface area (Å²) < 4.78 is 26.6. The Bertz CT molecular complexity index is 529. The number of urea groups is 1. The number of carboxylic acid groups (broad SMARTS) is 1. The molecule has 0 heterocycles. The van der Waals surface area contributed by atoms with Crippen LogP contribution in [-0.2, 0) is 0 Å². The minimum atomic E-state index is -1.72. The minimum absolute atomic E-state index is 0.196. The van der Waals surface area contributed by atoms with Crippen molar-refractivity contribution in [1.82, 2.24) is 5.32 Å². The second kappa shape index (κ2) is 6.35. The van der Waals surface area contributed by atoms with Crippen molar-refractivity contribution >= 4 is 17.7 Å². The number of halogens is 2. The molecule has 19 heavy (non-hydrogen) atoms. The zero-order chi connectivity index (χ0) is 14.4. The van der Waals surface area contributed by atoms with E-state index in [-0.39, 0.29) is 12.2 Å². The van der Waals surface area contributed by atoms with Gasteiger partial charge in [-0.2, -0.15) is 0 Å². The quantitative estimate of drug-likeness (QED) is 0.575. The topological polar surface area (TPSA) is 78.4 Å². The molecule has 0 aliphatic carbocycles. The molecular formula is C12H10F2N2O3. The van der Waals surface area contributed by atoms with Gasteiger partial charge in [0, 0.05) is 18.7 Å². The first-order valence-electron chi connectivity index (χ1n) is 5.16. The van der Waals surface area contributed by atoms with Crippen LogP contribution in [0.15, 0.2) is 12.1 Å². The Morgan fingerprint density at radius 3 is 2.37 bits per heavy atom. The van der Waals surface area contributed by atoms with Gasteiger partial charge in [-0.3, -0.25) is 0 Å². The van der Waals surface area contributed by atoms with E-state index in [4.69, 9.17) is 11.5 Å². The molecule has 1 aromatic carbocycles. The van der Waals surface area contributed by atoms with Gasteiger partial charge in [-0.05, 0) is 12.1 Å². The molecule has 0 aliphatic rings. The number of anilines is 1. The molecule has 0 bridgehead atoms. The second-order valence-corrected chi connectivity index (χ2v) is 3.46. The van der Waals surface area contributed by atoms with Crippen molar-refractivity contribution in [1.29, 1.82) is 0 Å². The second-order valence-electron chi connectivity index (χ2n) is 3.46. The first kappa shape index (κ1) is 14.4. The highest BCUT2D eigenvalue weighted by Gasteiger charge is 2.18. The van der Waals surface area contributed by atoms with Crippen LogP contribution in [0.4, 0.5) is 19.3 Å². The lowest BCUT2D eigenvalue weighted by molar-refractivity contribution is 0.0686. The van der Waals surface area contributed by atoms with Crippen molar-refractivity contribution in [3.63, 3.8) is 0 Å². The number of benzene rings is 1. The van der Waals surface area contributed by atoms with Crippen LogP contribution >= 0.6 is 0 Å². The third kappa shape index (κ3) is 3.96. The number of carboxylic acids is 1. The van der Waals surface area contributed by atoms with Crippen molar-refractivity contribution in [3.05, 3.63) is 29.3 Å². The van der Waals surface area contributed by atoms with Gasteiger partial charge in [0.2, 0.25) is 0 Å². The number of nitrogens with one attached hydrogen (secondary N) is 2. The summed E-state index contributed by atoms with van der Waals surface area (Å²) in [6.45, 7) is 0.209. The Labute approximate surface area is 107 Å². The van der Waals surface area contributed by atoms with Crippen molar-refractivity contribution in [2.24, 2.45) is 0 Å². The van der Waals surface area contributed by atoms with E-state index >= 15 is 0 Å². The molecule has 0 unspecified atom stereocenters. The van der Waals surface area contributed by atoms with Crippen molar-refractivity contribution in [2.75, 3.05) is 11.9 Å². The van der Waals surface area contributed by atoms with E-state index in [2.05, 4.69) is 16.6 Å². The molecule has 2 amide bonds. The van der Waals surface area contributed by atoms with Gasteiger partial charge in [-0.15, -0.1) is 12.3 Å². The molecule has 0 saturated carbocycles. The lowest BCUT2D eigenvalue weighted by atomic mass is 10.2. The molecule has 5 nitrogen and oxygen atoms in total. The predicted molar refractivity (Wildman–Crippen MR) is 63.8 cm³/mol. The number of rotatable bonds is 4. The SMILES string of the molecule is C#CCCNC(=O)Nc1cc(F)c(C(=O)O)c(F)c1. The van der Waals surface area contributed by atoms with Crippen LogP contribution in [0.2, 0.25) is 0 Å². The molecule has 1 aromatic rings. The summed E-state index contributed by atoms with van der Waals surface area (Å²) in [5.41, 5.74) is -1.27. The fourth-order valence-corrected chi connectivity index (χ4v) is 1.27. The summed E-state index contributed by atoms with van der Waals surface area (Å²) >= 11 is 0. The Hall–Kier alpha value is -2.62. The number of terminal acetylenes is 1. The Balaban J connectivity index is 2.79. The highest BCUT2D eigenvalue weighted by molar-refractivity contribution is 5.92. The minimum Gasteiger partial charge on any atom is -0.477 e. The van der Waals surface area contributed by atoms with Gasteiger partial charge in [0.25, 0.3) is 0 Å². The van der Waals surface area contributed by atoms with Gasteiger partial charge in [0.15, 0.2) is 0 Å². The van der Waals surface area contributed by atoms with Gasteiger partial charge in [0.1, 0.15) is 17.2 Å². The lowest BCUT2D eigenvalue weighted by Crippen LogP contribution is -2.29. The van der Waals surface area contributed by atoms with Crippen LogP contribution < -0.4 is 10.6 Å². The molecule has 0 fully saturated rings. The van der Waals surface area contributed by atoms with Gasteiger partial charge in [-0.1, -0.05) is 0 Å². The number of amides is 2. The maximum Gasteiger partial charge on any atom is 0.341 e. The van der Waals surface area contributed by atoms with Gasteiger partial charge >= 0.3 is 12.0 Å². The maximum atomic E-state index is 13.3. The first-order chi connectivity index (χ1) is 8.95. The molecule has 0 spiro atoms. The van der Waals surface area contributed by atoms with Gasteiger partial charge in [-0.25, -0.2) is 18.4 Å². The highest BCUT2D eigenvalue weighted by Crippen LogP contribution is 2.18. The van der Waals surface area contributed by atoms with Crippen LogP contribution in [0.25, 0.3) is 0 Å². The summed E-state index contributed by atoms with van der Waals surface area (Å²) in [5.74, 6) is -1.97. The molecule has 1 rings (SSSR count). The van der Waals surface area contributed by atoms with E-state index in [9.17, 15) is 18.4 Å². The smallest absolute Gasteiger partial charge is 0.341 e. The molecule has 0 radical (unpaired) electrons. The zero-order valence-electron chi connectivity index (χ0n) is 9.67. The van der Waals surface area contributed by atoms with Crippen LogP contribution in [0, 0.1) is 24.0 Å². The fraction of sp³-hybridized carbons (Fsp3) is 0.167. The third-order valence-electron chi connectivity index (χ3n) is 2.07. The van der Waals surface area contributed by atoms with E-state index < -0.39 is 29.2 Å². The molecule has 3 N–H and O–H groups in total. The number of carbonyl (C=O) groups is 2. The third-order valence-corrected chi connectivity index (χ3v) is 2.07. The molecule has 0 saturated heterocycles. The standard InChI is InChI=1S/C12H10F2N2O3/c1-2-3-4-15-12(19)16-7-5-8(13)10(11(17)18)9(14)6-7/h1,5-6H,3-4H2,(H,17,18)(H2,15,16,19). The Morgan fingerprint density at radius 2 is 1.89 bits per heavy atom. The molecule has 0 aromatic heterocycles. The lowest BCUT2D eigenvalue weighted by Gasteiger charge is -2.08. The summed E-state index contributed by atoms with van der Waals surface area (Å²) in [5, 5.41) is 13.1. The molecule has 0 atom stereocenters. The number of hydrogen-bond donors (Lipinski definition) is 3. The average molecular weight is 268 g/mol. The summed E-state index contributed by atoms with van der Waals surface area (Å²) in [6, 6.07) is 0.734. The summed E-state index contributed by atoms with van der Waals surface area (Å²) in [6.07, 6.45) is 5.29. The van der Waals surface area contributed by atoms with Gasteiger partial charge in [0.05, 0.1) is 0 Å². The number of aromatic carboxylic acids is 1. The van der Waals surface area contributed by atoms with Gasteiger partial charge < -0.3 is 15.7 Å². The molecule has 100 valence electrons. The van der Waals surface area contributed by atoms with Crippen molar-refractivity contribution < 1.29 is 23.5 Å². The Kier molecular flexibility index (Phi) is 4.83. The fourth-order valence-electron chi connectivity index (χ4n) is 1.27. The molecule has 0 aliphatic heterocycles. The van der Waals surface area contributed by atoms with Crippen molar-refractivity contribution in [2.45, 2.75) is 6.42 Å². The zero-order valence-corrected chi connectivity index (χ0v) is 9.67.